The molecule has 15 heavy (non-hydrogen) atoms. The summed E-state index contributed by atoms with van der Waals surface area (Å²) in [6.45, 7) is 5.33. The van der Waals surface area contributed by atoms with Gasteiger partial charge in [-0.1, -0.05) is 6.58 Å². The van der Waals surface area contributed by atoms with E-state index in [4.69, 9.17) is 9.47 Å². The van der Waals surface area contributed by atoms with Crippen LogP contribution in [-0.2, 0) is 19.1 Å². The molecular weight excluding hydrogens is 198 g/mol. The predicted octanol–water partition coefficient (Wildman–Crippen LogP) is 0.210. The quantitative estimate of drug-likeness (QED) is 0.360. The van der Waals surface area contributed by atoms with Crippen LogP contribution < -0.4 is 0 Å². The van der Waals surface area contributed by atoms with E-state index in [-0.39, 0.29) is 25.7 Å². The van der Waals surface area contributed by atoms with Crippen molar-refractivity contribution < 1.29 is 19.1 Å². The standard InChI is InChI=1S/C10H17NO4/c1-8(2)10(13)15-6-5-14-9(12)7-11(3)4/h1,5-7H2,2-4H3. The van der Waals surface area contributed by atoms with Crippen LogP contribution in [0.25, 0.3) is 0 Å². The van der Waals surface area contributed by atoms with Crippen LogP contribution in [0, 0.1) is 0 Å². The first-order chi connectivity index (χ1) is 6.93. The van der Waals surface area contributed by atoms with Gasteiger partial charge >= 0.3 is 11.9 Å². The van der Waals surface area contributed by atoms with Gasteiger partial charge < -0.3 is 9.47 Å². The lowest BCUT2D eigenvalue weighted by Crippen LogP contribution is -2.25. The smallest absolute Gasteiger partial charge is 0.333 e. The van der Waals surface area contributed by atoms with Crippen LogP contribution in [0.3, 0.4) is 0 Å². The third kappa shape index (κ3) is 7.69. The predicted molar refractivity (Wildman–Crippen MR) is 55.3 cm³/mol. The van der Waals surface area contributed by atoms with Crippen molar-refractivity contribution in [1.29, 1.82) is 0 Å². The summed E-state index contributed by atoms with van der Waals surface area (Å²) < 4.78 is 9.53. The van der Waals surface area contributed by atoms with Gasteiger partial charge in [0.15, 0.2) is 0 Å². The van der Waals surface area contributed by atoms with Gasteiger partial charge in [0, 0.05) is 5.57 Å². The molecule has 0 bridgehead atoms. The van der Waals surface area contributed by atoms with E-state index in [0.29, 0.717) is 5.57 Å². The van der Waals surface area contributed by atoms with Crippen LogP contribution in [0.1, 0.15) is 6.92 Å². The molecule has 86 valence electrons. The number of rotatable bonds is 6. The molecule has 0 fully saturated rings. The molecule has 0 radical (unpaired) electrons. The van der Waals surface area contributed by atoms with E-state index in [1.54, 1.807) is 25.9 Å². The summed E-state index contributed by atoms with van der Waals surface area (Å²) in [5, 5.41) is 0. The number of carbonyl (C=O) groups is 2. The molecule has 0 aromatic rings. The van der Waals surface area contributed by atoms with Crippen molar-refractivity contribution in [3.05, 3.63) is 12.2 Å². The molecule has 0 saturated heterocycles. The van der Waals surface area contributed by atoms with Crippen molar-refractivity contribution >= 4 is 11.9 Å². The lowest BCUT2D eigenvalue weighted by molar-refractivity contribution is -0.150. The van der Waals surface area contributed by atoms with Crippen LogP contribution >= 0.6 is 0 Å². The molecule has 0 saturated carbocycles. The lowest BCUT2D eigenvalue weighted by atomic mass is 10.4. The molecule has 0 aromatic heterocycles. The molecule has 0 N–H and O–H groups in total. The number of hydrogen-bond donors (Lipinski definition) is 0. The van der Waals surface area contributed by atoms with Gasteiger partial charge in [-0.3, -0.25) is 9.69 Å². The van der Waals surface area contributed by atoms with Crippen molar-refractivity contribution in [1.82, 2.24) is 4.90 Å². The molecule has 0 aliphatic rings. The first-order valence-corrected chi connectivity index (χ1v) is 4.56. The Morgan fingerprint density at radius 3 is 2.20 bits per heavy atom. The summed E-state index contributed by atoms with van der Waals surface area (Å²) >= 11 is 0. The average molecular weight is 215 g/mol. The van der Waals surface area contributed by atoms with E-state index in [9.17, 15) is 9.59 Å². The van der Waals surface area contributed by atoms with Gasteiger partial charge in [-0.25, -0.2) is 4.79 Å². The second kappa shape index (κ2) is 7.00. The Kier molecular flexibility index (Phi) is 6.37. The zero-order chi connectivity index (χ0) is 11.8. The fourth-order valence-electron chi connectivity index (χ4n) is 0.717. The van der Waals surface area contributed by atoms with E-state index in [1.165, 1.54) is 0 Å². The molecule has 0 atom stereocenters. The third-order valence-corrected chi connectivity index (χ3v) is 1.37. The molecule has 5 nitrogen and oxygen atoms in total. The van der Waals surface area contributed by atoms with Crippen LogP contribution in [0.2, 0.25) is 0 Å². The average Bonchev–Trinajstić information content (AvgIpc) is 2.10. The molecule has 0 aliphatic heterocycles. The van der Waals surface area contributed by atoms with Crippen LogP contribution in [-0.4, -0.2) is 50.7 Å². The third-order valence-electron chi connectivity index (χ3n) is 1.37. The van der Waals surface area contributed by atoms with Crippen molar-refractivity contribution in [2.75, 3.05) is 33.9 Å². The van der Waals surface area contributed by atoms with Crippen LogP contribution in [0.15, 0.2) is 12.2 Å². The Hall–Kier alpha value is -1.36. The highest BCUT2D eigenvalue weighted by molar-refractivity contribution is 5.86. The summed E-state index contributed by atoms with van der Waals surface area (Å²) in [7, 11) is 3.53. The molecule has 0 amide bonds. The minimum absolute atomic E-state index is 0.0604. The van der Waals surface area contributed by atoms with E-state index in [0.717, 1.165) is 0 Å². The van der Waals surface area contributed by atoms with Crippen molar-refractivity contribution in [2.45, 2.75) is 6.92 Å². The summed E-state index contributed by atoms with van der Waals surface area (Å²) in [6.07, 6.45) is 0. The normalized spacial score (nSPS) is 9.87. The van der Waals surface area contributed by atoms with Crippen molar-refractivity contribution in [3.8, 4) is 0 Å². The summed E-state index contributed by atoms with van der Waals surface area (Å²) in [5.41, 5.74) is 0.328. The van der Waals surface area contributed by atoms with Gasteiger partial charge in [0.25, 0.3) is 0 Å². The number of carbonyl (C=O) groups excluding carboxylic acids is 2. The number of likely N-dealkylation sites (N-methyl/N-ethyl adjacent to an activating group) is 1. The van der Waals surface area contributed by atoms with Crippen molar-refractivity contribution in [2.24, 2.45) is 0 Å². The second-order valence-corrected chi connectivity index (χ2v) is 3.37. The number of hydrogen-bond acceptors (Lipinski definition) is 5. The summed E-state index contributed by atoms with van der Waals surface area (Å²) in [4.78, 5) is 23.6. The molecule has 0 rings (SSSR count). The lowest BCUT2D eigenvalue weighted by Gasteiger charge is -2.09. The van der Waals surface area contributed by atoms with Gasteiger partial charge in [0.2, 0.25) is 0 Å². The monoisotopic (exact) mass is 215 g/mol. The van der Waals surface area contributed by atoms with Crippen molar-refractivity contribution in [3.63, 3.8) is 0 Å². The molecule has 0 aromatic carbocycles. The highest BCUT2D eigenvalue weighted by Crippen LogP contribution is 1.91. The van der Waals surface area contributed by atoms with E-state index >= 15 is 0 Å². The first-order valence-electron chi connectivity index (χ1n) is 4.56. The molecule has 5 heteroatoms. The van der Waals surface area contributed by atoms with E-state index in [2.05, 4.69) is 6.58 Å². The topological polar surface area (TPSA) is 55.8 Å². The van der Waals surface area contributed by atoms with Gasteiger partial charge in [0.1, 0.15) is 13.2 Å². The Balaban J connectivity index is 3.50. The molecule has 0 spiro atoms. The number of ether oxygens (including phenoxy) is 2. The largest absolute Gasteiger partial charge is 0.461 e. The van der Waals surface area contributed by atoms with Crippen LogP contribution in [0.5, 0.6) is 0 Å². The summed E-state index contributed by atoms with van der Waals surface area (Å²) in [6, 6.07) is 0. The van der Waals surface area contributed by atoms with Gasteiger partial charge in [-0.2, -0.15) is 0 Å². The van der Waals surface area contributed by atoms with Gasteiger partial charge in [0.05, 0.1) is 6.54 Å². The Labute approximate surface area is 89.6 Å². The summed E-state index contributed by atoms with van der Waals surface area (Å²) in [5.74, 6) is -0.815. The SMILES string of the molecule is C=C(C)C(=O)OCCOC(=O)CN(C)C. The Morgan fingerprint density at radius 2 is 1.73 bits per heavy atom. The Morgan fingerprint density at radius 1 is 1.20 bits per heavy atom. The number of esters is 2. The van der Waals surface area contributed by atoms with E-state index < -0.39 is 5.97 Å². The van der Waals surface area contributed by atoms with Gasteiger partial charge in [-0.05, 0) is 21.0 Å². The molecule has 0 aliphatic carbocycles. The Bertz CT molecular complexity index is 248. The fraction of sp³-hybridized carbons (Fsp3) is 0.600. The highest BCUT2D eigenvalue weighted by Gasteiger charge is 2.05. The molecule has 0 heterocycles. The van der Waals surface area contributed by atoms with E-state index in [1.807, 2.05) is 0 Å². The number of nitrogens with zero attached hydrogens (tertiary/aromatic N) is 1. The maximum absolute atomic E-state index is 11.0. The second-order valence-electron chi connectivity index (χ2n) is 3.37. The highest BCUT2D eigenvalue weighted by atomic mass is 16.6. The minimum atomic E-state index is -0.473. The molecular formula is C10H17NO4. The molecule has 0 unspecified atom stereocenters. The zero-order valence-corrected chi connectivity index (χ0v) is 9.41. The maximum atomic E-state index is 11.0. The minimum Gasteiger partial charge on any atom is -0.461 e. The van der Waals surface area contributed by atoms with Crippen LogP contribution in [0.4, 0.5) is 0 Å². The fourth-order valence-corrected chi connectivity index (χ4v) is 0.717. The maximum Gasteiger partial charge on any atom is 0.333 e. The van der Waals surface area contributed by atoms with Gasteiger partial charge in [-0.15, -0.1) is 0 Å². The zero-order valence-electron chi connectivity index (χ0n) is 9.41. The first kappa shape index (κ1) is 13.6.